The number of oxazole rings is 1. The summed E-state index contributed by atoms with van der Waals surface area (Å²) in [6.07, 6.45) is 0. The number of rotatable bonds is 5. The Labute approximate surface area is 152 Å². The SMILES string of the molecule is Cc1oc(-c2ccccc2)nc1C(=O)OCc1nc(-c2cccs2)no1. The molecule has 4 rings (SSSR count). The summed E-state index contributed by atoms with van der Waals surface area (Å²) >= 11 is 1.50. The Bertz CT molecular complexity index is 1020. The van der Waals surface area contributed by atoms with Crippen molar-refractivity contribution in [2.24, 2.45) is 0 Å². The Balaban J connectivity index is 1.45. The van der Waals surface area contributed by atoms with Crippen molar-refractivity contribution in [1.82, 2.24) is 15.1 Å². The van der Waals surface area contributed by atoms with Gasteiger partial charge in [0.05, 0.1) is 4.88 Å². The summed E-state index contributed by atoms with van der Waals surface area (Å²) < 4.78 is 15.9. The zero-order chi connectivity index (χ0) is 17.9. The summed E-state index contributed by atoms with van der Waals surface area (Å²) in [5, 5.41) is 5.79. The molecule has 0 spiro atoms. The number of benzene rings is 1. The molecule has 26 heavy (non-hydrogen) atoms. The monoisotopic (exact) mass is 367 g/mol. The van der Waals surface area contributed by atoms with E-state index in [9.17, 15) is 4.79 Å². The Morgan fingerprint density at radius 3 is 2.77 bits per heavy atom. The fraction of sp³-hybridized carbons (Fsp3) is 0.111. The predicted octanol–water partition coefficient (Wildman–Crippen LogP) is 4.12. The van der Waals surface area contributed by atoms with Crippen LogP contribution in [0.25, 0.3) is 22.2 Å². The quantitative estimate of drug-likeness (QED) is 0.490. The maximum Gasteiger partial charge on any atom is 0.361 e. The van der Waals surface area contributed by atoms with Crippen LogP contribution in [0.4, 0.5) is 0 Å². The van der Waals surface area contributed by atoms with Gasteiger partial charge in [0.2, 0.25) is 11.7 Å². The molecule has 8 heteroatoms. The second-order valence-electron chi connectivity index (χ2n) is 5.35. The van der Waals surface area contributed by atoms with E-state index in [-0.39, 0.29) is 18.2 Å². The van der Waals surface area contributed by atoms with Crippen molar-refractivity contribution >= 4 is 17.3 Å². The molecule has 0 amide bonds. The molecule has 0 fully saturated rings. The highest BCUT2D eigenvalue weighted by atomic mass is 32.1. The highest BCUT2D eigenvalue weighted by Crippen LogP contribution is 2.23. The van der Waals surface area contributed by atoms with Gasteiger partial charge in [0.15, 0.2) is 12.3 Å². The molecular weight excluding hydrogens is 354 g/mol. The lowest BCUT2D eigenvalue weighted by atomic mass is 10.2. The van der Waals surface area contributed by atoms with Gasteiger partial charge in [-0.3, -0.25) is 0 Å². The molecule has 0 atom stereocenters. The first-order chi connectivity index (χ1) is 12.7. The van der Waals surface area contributed by atoms with Gasteiger partial charge < -0.3 is 13.7 Å². The van der Waals surface area contributed by atoms with Crippen molar-refractivity contribution in [3.8, 4) is 22.2 Å². The van der Waals surface area contributed by atoms with Crippen LogP contribution in [0, 0.1) is 6.92 Å². The van der Waals surface area contributed by atoms with Crippen LogP contribution < -0.4 is 0 Å². The van der Waals surface area contributed by atoms with Gasteiger partial charge in [0.25, 0.3) is 5.89 Å². The first-order valence-corrected chi connectivity index (χ1v) is 8.65. The highest BCUT2D eigenvalue weighted by molar-refractivity contribution is 7.13. The van der Waals surface area contributed by atoms with E-state index >= 15 is 0 Å². The molecule has 7 nitrogen and oxygen atoms in total. The highest BCUT2D eigenvalue weighted by Gasteiger charge is 2.20. The fourth-order valence-corrected chi connectivity index (χ4v) is 2.95. The Morgan fingerprint density at radius 1 is 1.15 bits per heavy atom. The molecule has 3 aromatic heterocycles. The third kappa shape index (κ3) is 3.27. The summed E-state index contributed by atoms with van der Waals surface area (Å²) in [4.78, 5) is 21.6. The lowest BCUT2D eigenvalue weighted by Crippen LogP contribution is -2.07. The molecule has 0 aliphatic carbocycles. The van der Waals surface area contributed by atoms with Crippen LogP contribution in [0.15, 0.2) is 56.8 Å². The average molecular weight is 367 g/mol. The van der Waals surface area contributed by atoms with Crippen LogP contribution in [0.5, 0.6) is 0 Å². The van der Waals surface area contributed by atoms with E-state index in [1.165, 1.54) is 11.3 Å². The van der Waals surface area contributed by atoms with Crippen molar-refractivity contribution < 1.29 is 18.5 Å². The number of nitrogens with zero attached hydrogens (tertiary/aromatic N) is 3. The van der Waals surface area contributed by atoms with E-state index in [0.717, 1.165) is 10.4 Å². The first-order valence-electron chi connectivity index (χ1n) is 7.77. The summed E-state index contributed by atoms with van der Waals surface area (Å²) in [6, 6.07) is 13.1. The predicted molar refractivity (Wildman–Crippen MR) is 93.4 cm³/mol. The number of carbonyl (C=O) groups excluding carboxylic acids is 1. The van der Waals surface area contributed by atoms with Crippen LogP contribution in [-0.2, 0) is 11.3 Å². The molecular formula is C18H13N3O4S. The van der Waals surface area contributed by atoms with Gasteiger partial charge in [-0.1, -0.05) is 29.4 Å². The smallest absolute Gasteiger partial charge is 0.361 e. The molecule has 0 saturated carbocycles. The van der Waals surface area contributed by atoms with Gasteiger partial charge in [0, 0.05) is 5.56 Å². The molecule has 130 valence electrons. The van der Waals surface area contributed by atoms with Gasteiger partial charge in [-0.15, -0.1) is 11.3 Å². The summed E-state index contributed by atoms with van der Waals surface area (Å²) in [5.74, 6) is 0.831. The van der Waals surface area contributed by atoms with Gasteiger partial charge in [0.1, 0.15) is 5.76 Å². The third-order valence-corrected chi connectivity index (χ3v) is 4.41. The number of hydrogen-bond acceptors (Lipinski definition) is 8. The first kappa shape index (κ1) is 16.2. The molecule has 0 bridgehead atoms. The zero-order valence-electron chi connectivity index (χ0n) is 13.7. The number of ether oxygens (including phenoxy) is 1. The van der Waals surface area contributed by atoms with E-state index in [1.54, 1.807) is 6.92 Å². The van der Waals surface area contributed by atoms with E-state index in [4.69, 9.17) is 13.7 Å². The number of aromatic nitrogens is 3. The van der Waals surface area contributed by atoms with Crippen LogP contribution in [0.1, 0.15) is 22.1 Å². The maximum atomic E-state index is 12.3. The van der Waals surface area contributed by atoms with Crippen molar-refractivity contribution in [1.29, 1.82) is 0 Å². The van der Waals surface area contributed by atoms with E-state index < -0.39 is 5.97 Å². The number of thiophene rings is 1. The average Bonchev–Trinajstić information content (AvgIpc) is 3.40. The summed E-state index contributed by atoms with van der Waals surface area (Å²) in [5.41, 5.74) is 0.911. The minimum Gasteiger partial charge on any atom is -0.451 e. The largest absolute Gasteiger partial charge is 0.451 e. The summed E-state index contributed by atoms with van der Waals surface area (Å²) in [6.45, 7) is 1.53. The van der Waals surface area contributed by atoms with Gasteiger partial charge in [-0.2, -0.15) is 4.98 Å². The molecule has 0 unspecified atom stereocenters. The molecule has 3 heterocycles. The number of aryl methyl sites for hydroxylation is 1. The Hall–Kier alpha value is -3.26. The van der Waals surface area contributed by atoms with Crippen LogP contribution in [0.2, 0.25) is 0 Å². The lowest BCUT2D eigenvalue weighted by molar-refractivity contribution is 0.0421. The molecule has 1 aromatic carbocycles. The van der Waals surface area contributed by atoms with E-state index in [2.05, 4.69) is 15.1 Å². The minimum absolute atomic E-state index is 0.127. The van der Waals surface area contributed by atoms with Crippen molar-refractivity contribution in [2.45, 2.75) is 13.5 Å². The minimum atomic E-state index is -0.607. The van der Waals surface area contributed by atoms with E-state index in [1.807, 2.05) is 47.8 Å². The van der Waals surface area contributed by atoms with Gasteiger partial charge >= 0.3 is 5.97 Å². The Morgan fingerprint density at radius 2 is 2.00 bits per heavy atom. The molecule has 0 aliphatic rings. The normalized spacial score (nSPS) is 10.8. The molecule has 0 saturated heterocycles. The molecule has 4 aromatic rings. The van der Waals surface area contributed by atoms with Gasteiger partial charge in [-0.25, -0.2) is 9.78 Å². The standard InChI is InChI=1S/C18H13N3O4S/c1-11-15(20-17(24-11)12-6-3-2-4-7-12)18(22)23-10-14-19-16(21-25-14)13-8-5-9-26-13/h2-9H,10H2,1H3. The molecule has 0 radical (unpaired) electrons. The second-order valence-corrected chi connectivity index (χ2v) is 6.30. The number of carbonyl (C=O) groups is 1. The third-order valence-electron chi connectivity index (χ3n) is 3.55. The van der Waals surface area contributed by atoms with E-state index in [0.29, 0.717) is 17.5 Å². The Kier molecular flexibility index (Phi) is 4.32. The maximum absolute atomic E-state index is 12.3. The van der Waals surface area contributed by atoms with Crippen LogP contribution in [0.3, 0.4) is 0 Å². The fourth-order valence-electron chi connectivity index (χ4n) is 2.31. The second kappa shape index (κ2) is 6.93. The summed E-state index contributed by atoms with van der Waals surface area (Å²) in [7, 11) is 0. The van der Waals surface area contributed by atoms with Crippen LogP contribution >= 0.6 is 11.3 Å². The van der Waals surface area contributed by atoms with Crippen molar-refractivity contribution in [2.75, 3.05) is 0 Å². The number of hydrogen-bond donors (Lipinski definition) is 0. The van der Waals surface area contributed by atoms with Crippen molar-refractivity contribution in [3.63, 3.8) is 0 Å². The number of esters is 1. The molecule has 0 N–H and O–H groups in total. The van der Waals surface area contributed by atoms with Crippen LogP contribution in [-0.4, -0.2) is 21.1 Å². The molecule has 0 aliphatic heterocycles. The lowest BCUT2D eigenvalue weighted by Gasteiger charge is -1.98. The van der Waals surface area contributed by atoms with Gasteiger partial charge in [-0.05, 0) is 30.5 Å². The topological polar surface area (TPSA) is 91.2 Å². The zero-order valence-corrected chi connectivity index (χ0v) is 14.5. The van der Waals surface area contributed by atoms with Crippen molar-refractivity contribution in [3.05, 3.63) is 65.2 Å².